The van der Waals surface area contributed by atoms with E-state index in [1.165, 1.54) is 0 Å². The van der Waals surface area contributed by atoms with Gasteiger partial charge in [-0.15, -0.1) is 0 Å². The first-order chi connectivity index (χ1) is 8.98. The van der Waals surface area contributed by atoms with Crippen molar-refractivity contribution in [1.29, 1.82) is 0 Å². The number of Topliss-reactive ketones (excluding diaryl/α,β-unsaturated/α-hetero) is 1. The molecule has 0 bridgehead atoms. The van der Waals surface area contributed by atoms with Gasteiger partial charge in [-0.05, 0) is 30.0 Å². The van der Waals surface area contributed by atoms with Gasteiger partial charge in [0.1, 0.15) is 5.69 Å². The normalized spacial score (nSPS) is 13.1. The van der Waals surface area contributed by atoms with Crippen LogP contribution in [0.15, 0.2) is 10.7 Å². The molecule has 10 heteroatoms. The number of aromatic nitrogens is 2. The molecule has 0 radical (unpaired) electrons. The van der Waals surface area contributed by atoms with Crippen molar-refractivity contribution in [1.82, 2.24) is 14.7 Å². The number of alkyl halides is 5. The minimum absolute atomic E-state index is 0.00755. The molecule has 1 aromatic rings. The van der Waals surface area contributed by atoms with Gasteiger partial charge in [-0.1, -0.05) is 0 Å². The van der Waals surface area contributed by atoms with E-state index in [1.807, 2.05) is 0 Å². The zero-order chi connectivity index (χ0) is 15.7. The van der Waals surface area contributed by atoms with E-state index in [0.717, 1.165) is 10.9 Å². The first-order valence-electron chi connectivity index (χ1n) is 5.34. The lowest BCUT2D eigenvalue weighted by Gasteiger charge is -2.19. The number of hydrogen-bond acceptors (Lipinski definition) is 3. The van der Waals surface area contributed by atoms with Crippen molar-refractivity contribution in [2.45, 2.75) is 18.6 Å². The highest BCUT2D eigenvalue weighted by Gasteiger charge is 2.64. The maximum atomic E-state index is 13.1. The molecule has 114 valence electrons. The monoisotopic (exact) mass is 363 g/mol. The molecule has 0 spiro atoms. The van der Waals surface area contributed by atoms with Crippen molar-refractivity contribution in [2.24, 2.45) is 0 Å². The summed E-state index contributed by atoms with van der Waals surface area (Å²) < 4.78 is 63.5. The van der Waals surface area contributed by atoms with Crippen molar-refractivity contribution in [3.05, 3.63) is 16.4 Å². The Morgan fingerprint density at radius 1 is 1.35 bits per heavy atom. The van der Waals surface area contributed by atoms with Crippen LogP contribution < -0.4 is 0 Å². The molecule has 0 aromatic carbocycles. The summed E-state index contributed by atoms with van der Waals surface area (Å²) in [6.07, 6.45) is -4.94. The van der Waals surface area contributed by atoms with Gasteiger partial charge in [0, 0.05) is 6.54 Å². The predicted octanol–water partition coefficient (Wildman–Crippen LogP) is 2.59. The lowest BCUT2D eigenvalue weighted by molar-refractivity contribution is -0.256. The zero-order valence-corrected chi connectivity index (χ0v) is 12.1. The van der Waals surface area contributed by atoms with Crippen LogP contribution in [0.1, 0.15) is 10.5 Å². The topological polar surface area (TPSA) is 38.1 Å². The molecule has 0 aliphatic carbocycles. The Balaban J connectivity index is 3.13. The highest BCUT2D eigenvalue weighted by Crippen LogP contribution is 2.39. The van der Waals surface area contributed by atoms with Crippen LogP contribution in [0.4, 0.5) is 22.0 Å². The van der Waals surface area contributed by atoms with Crippen molar-refractivity contribution in [2.75, 3.05) is 20.6 Å². The van der Waals surface area contributed by atoms with Gasteiger partial charge in [-0.2, -0.15) is 27.1 Å². The van der Waals surface area contributed by atoms with E-state index >= 15 is 0 Å². The third-order valence-corrected chi connectivity index (χ3v) is 2.99. The number of carbonyl (C=O) groups is 1. The van der Waals surface area contributed by atoms with Crippen LogP contribution in [0, 0.1) is 0 Å². The van der Waals surface area contributed by atoms with Crippen LogP contribution in [0.25, 0.3) is 0 Å². The maximum absolute atomic E-state index is 13.1. The largest absolute Gasteiger partial charge is 0.461 e. The molecule has 1 heterocycles. The SMILES string of the molecule is CN(C)CCn1ncc(Br)c1C(=O)C(F)(F)C(F)(F)F. The van der Waals surface area contributed by atoms with Gasteiger partial charge in [0.15, 0.2) is 0 Å². The highest BCUT2D eigenvalue weighted by atomic mass is 79.9. The average Bonchev–Trinajstić information content (AvgIpc) is 2.65. The first-order valence-corrected chi connectivity index (χ1v) is 6.13. The van der Waals surface area contributed by atoms with Crippen LogP contribution in [0.3, 0.4) is 0 Å². The van der Waals surface area contributed by atoms with Gasteiger partial charge in [0.25, 0.3) is 5.78 Å². The molecule has 4 nitrogen and oxygen atoms in total. The third kappa shape index (κ3) is 3.35. The molecule has 0 aliphatic rings. The molecule has 0 amide bonds. The average molecular weight is 364 g/mol. The number of nitrogens with zero attached hydrogens (tertiary/aromatic N) is 3. The zero-order valence-electron chi connectivity index (χ0n) is 10.5. The lowest BCUT2D eigenvalue weighted by Crippen LogP contribution is -2.45. The molecule has 0 N–H and O–H groups in total. The van der Waals surface area contributed by atoms with Gasteiger partial charge >= 0.3 is 12.1 Å². The Kier molecular flexibility index (Phi) is 4.90. The summed E-state index contributed by atoms with van der Waals surface area (Å²) >= 11 is 2.77. The van der Waals surface area contributed by atoms with E-state index in [0.29, 0.717) is 6.54 Å². The Morgan fingerprint density at radius 2 is 1.90 bits per heavy atom. The summed E-state index contributed by atoms with van der Waals surface area (Å²) in [7, 11) is 3.37. The van der Waals surface area contributed by atoms with Crippen molar-refractivity contribution in [3.8, 4) is 0 Å². The van der Waals surface area contributed by atoms with Crippen LogP contribution in [0.5, 0.6) is 0 Å². The highest BCUT2D eigenvalue weighted by molar-refractivity contribution is 9.10. The van der Waals surface area contributed by atoms with Gasteiger partial charge in [-0.25, -0.2) is 0 Å². The molecule has 0 atom stereocenters. The number of halogens is 6. The number of hydrogen-bond donors (Lipinski definition) is 0. The summed E-state index contributed by atoms with van der Waals surface area (Å²) in [5.41, 5.74) is -0.797. The van der Waals surface area contributed by atoms with Crippen molar-refractivity contribution < 1.29 is 26.7 Å². The summed E-state index contributed by atoms with van der Waals surface area (Å²) in [6, 6.07) is 0. The lowest BCUT2D eigenvalue weighted by atomic mass is 10.1. The second-order valence-corrected chi connectivity index (χ2v) is 5.12. The minimum atomic E-state index is -5.94. The van der Waals surface area contributed by atoms with E-state index in [1.54, 1.807) is 19.0 Å². The number of likely N-dealkylation sites (N-methyl/N-ethyl adjacent to an activating group) is 1. The number of carbonyl (C=O) groups excluding carboxylic acids is 1. The van der Waals surface area contributed by atoms with E-state index in [4.69, 9.17) is 0 Å². The summed E-state index contributed by atoms with van der Waals surface area (Å²) in [6.45, 7) is 0.333. The van der Waals surface area contributed by atoms with Gasteiger partial charge in [0.2, 0.25) is 0 Å². The van der Waals surface area contributed by atoms with Crippen LogP contribution in [0.2, 0.25) is 0 Å². The maximum Gasteiger partial charge on any atom is 0.461 e. The molecule has 0 unspecified atom stereocenters. The van der Waals surface area contributed by atoms with E-state index in [9.17, 15) is 26.7 Å². The molecular formula is C10H11BrF5N3O. The van der Waals surface area contributed by atoms with Crippen LogP contribution in [-0.2, 0) is 6.54 Å². The molecule has 0 aliphatic heterocycles. The Morgan fingerprint density at radius 3 is 2.35 bits per heavy atom. The fraction of sp³-hybridized carbons (Fsp3) is 0.600. The van der Waals surface area contributed by atoms with Gasteiger partial charge in [0.05, 0.1) is 17.2 Å². The van der Waals surface area contributed by atoms with Crippen molar-refractivity contribution in [3.63, 3.8) is 0 Å². The predicted molar refractivity (Wildman–Crippen MR) is 63.8 cm³/mol. The molecule has 0 fully saturated rings. The standard InChI is InChI=1S/C10H11BrF5N3O/c1-18(2)3-4-19-7(6(11)5-17-19)8(20)9(12,13)10(14,15)16/h5H,3-4H2,1-2H3. The van der Waals surface area contributed by atoms with E-state index < -0.39 is 23.6 Å². The Labute approximate surface area is 119 Å². The van der Waals surface area contributed by atoms with Gasteiger partial charge < -0.3 is 4.90 Å². The molecule has 1 aromatic heterocycles. The third-order valence-electron chi connectivity index (χ3n) is 2.41. The smallest absolute Gasteiger partial charge is 0.308 e. The van der Waals surface area contributed by atoms with E-state index in [2.05, 4.69) is 21.0 Å². The second-order valence-electron chi connectivity index (χ2n) is 4.27. The minimum Gasteiger partial charge on any atom is -0.308 e. The summed E-state index contributed by atoms with van der Waals surface area (Å²) in [5, 5.41) is 3.63. The van der Waals surface area contributed by atoms with Crippen molar-refractivity contribution >= 4 is 21.7 Å². The quantitative estimate of drug-likeness (QED) is 0.596. The van der Waals surface area contributed by atoms with Gasteiger partial charge in [-0.3, -0.25) is 9.48 Å². The van der Waals surface area contributed by atoms with Crippen LogP contribution in [-0.4, -0.2) is 53.2 Å². The molecule has 0 saturated carbocycles. The Hall–Kier alpha value is -1.03. The van der Waals surface area contributed by atoms with Crippen LogP contribution >= 0.6 is 15.9 Å². The number of rotatable bonds is 5. The molecule has 1 rings (SSSR count). The fourth-order valence-corrected chi connectivity index (χ4v) is 1.81. The molecule has 0 saturated heterocycles. The number of ketones is 1. The summed E-state index contributed by atoms with van der Waals surface area (Å²) in [4.78, 5) is 13.2. The van der Waals surface area contributed by atoms with E-state index in [-0.39, 0.29) is 11.0 Å². The Bertz CT molecular complexity index is 498. The molecule has 20 heavy (non-hydrogen) atoms. The fourth-order valence-electron chi connectivity index (χ4n) is 1.33. The molecular weight excluding hydrogens is 353 g/mol. The summed E-state index contributed by atoms with van der Waals surface area (Å²) in [5.74, 6) is -7.78. The second kappa shape index (κ2) is 5.76. The first kappa shape index (κ1) is 17.0.